The molecule has 0 aliphatic heterocycles. The average Bonchev–Trinajstić information content (AvgIpc) is 2.55. The fourth-order valence-electron chi connectivity index (χ4n) is 1.75. The molecule has 0 fully saturated rings. The van der Waals surface area contributed by atoms with Crippen molar-refractivity contribution >= 4 is 11.7 Å². The van der Waals surface area contributed by atoms with E-state index >= 15 is 0 Å². The fraction of sp³-hybridized carbons (Fsp3) is 0.188. The van der Waals surface area contributed by atoms with Crippen LogP contribution >= 0.6 is 0 Å². The molecule has 6 nitrogen and oxygen atoms in total. The van der Waals surface area contributed by atoms with Gasteiger partial charge >= 0.3 is 5.97 Å². The molecule has 2 aromatic carbocycles. The fourth-order valence-corrected chi connectivity index (χ4v) is 1.75. The zero-order valence-electron chi connectivity index (χ0n) is 11.8. The first kappa shape index (κ1) is 15.7. The second-order valence-corrected chi connectivity index (χ2v) is 4.48. The van der Waals surface area contributed by atoms with Crippen LogP contribution < -0.4 is 0 Å². The lowest BCUT2D eigenvalue weighted by atomic mass is 10.2. The monoisotopic (exact) mass is 301 g/mol. The van der Waals surface area contributed by atoms with E-state index in [-0.39, 0.29) is 24.9 Å². The van der Waals surface area contributed by atoms with Crippen molar-refractivity contribution in [2.45, 2.75) is 6.61 Å². The molecule has 0 heterocycles. The molecular weight excluding hydrogens is 286 g/mol. The molecule has 0 amide bonds. The molecule has 0 saturated carbocycles. The van der Waals surface area contributed by atoms with Gasteiger partial charge in [0.25, 0.3) is 5.69 Å². The minimum absolute atomic E-state index is 0.0422. The van der Waals surface area contributed by atoms with Crippen molar-refractivity contribution in [3.05, 3.63) is 75.8 Å². The van der Waals surface area contributed by atoms with Crippen LogP contribution in [-0.4, -0.2) is 24.1 Å². The first-order valence-corrected chi connectivity index (χ1v) is 6.70. The van der Waals surface area contributed by atoms with Crippen molar-refractivity contribution in [2.75, 3.05) is 13.2 Å². The number of nitro benzene ring substituents is 1. The second kappa shape index (κ2) is 7.90. The Morgan fingerprint density at radius 2 is 1.68 bits per heavy atom. The first-order chi connectivity index (χ1) is 10.7. The van der Waals surface area contributed by atoms with Crippen molar-refractivity contribution in [3.63, 3.8) is 0 Å². The summed E-state index contributed by atoms with van der Waals surface area (Å²) in [4.78, 5) is 21.7. The Morgan fingerprint density at radius 3 is 2.32 bits per heavy atom. The van der Waals surface area contributed by atoms with Crippen molar-refractivity contribution < 1.29 is 19.2 Å². The molecule has 0 saturated heterocycles. The molecule has 0 N–H and O–H groups in total. The summed E-state index contributed by atoms with van der Waals surface area (Å²) in [5, 5.41) is 10.5. The number of hydrogen-bond acceptors (Lipinski definition) is 5. The SMILES string of the molecule is O=C(OCCOCc1ccc([N+](=O)[O-])cc1)c1ccccc1. The molecule has 0 aliphatic carbocycles. The maximum atomic E-state index is 11.6. The van der Waals surface area contributed by atoms with E-state index in [1.54, 1.807) is 36.4 Å². The van der Waals surface area contributed by atoms with E-state index in [9.17, 15) is 14.9 Å². The molecule has 2 rings (SSSR count). The van der Waals surface area contributed by atoms with Gasteiger partial charge in [0.1, 0.15) is 6.61 Å². The zero-order valence-corrected chi connectivity index (χ0v) is 11.8. The third-order valence-corrected chi connectivity index (χ3v) is 2.89. The van der Waals surface area contributed by atoms with Gasteiger partial charge in [-0.2, -0.15) is 0 Å². The third kappa shape index (κ3) is 4.68. The Hall–Kier alpha value is -2.73. The summed E-state index contributed by atoms with van der Waals surface area (Å²) < 4.78 is 10.4. The minimum Gasteiger partial charge on any atom is -0.460 e. The van der Waals surface area contributed by atoms with Crippen LogP contribution in [0.4, 0.5) is 5.69 Å². The summed E-state index contributed by atoms with van der Waals surface area (Å²) in [6.07, 6.45) is 0. The van der Waals surface area contributed by atoms with Crippen LogP contribution in [0.5, 0.6) is 0 Å². The van der Waals surface area contributed by atoms with Crippen molar-refractivity contribution in [2.24, 2.45) is 0 Å². The molecular formula is C16H15NO5. The smallest absolute Gasteiger partial charge is 0.338 e. The number of non-ortho nitro benzene ring substituents is 1. The zero-order chi connectivity index (χ0) is 15.8. The summed E-state index contributed by atoms with van der Waals surface area (Å²) >= 11 is 0. The van der Waals surface area contributed by atoms with Crippen LogP contribution in [0.25, 0.3) is 0 Å². The summed E-state index contributed by atoms with van der Waals surface area (Å²) in [5.41, 5.74) is 1.36. The van der Waals surface area contributed by atoms with E-state index in [2.05, 4.69) is 0 Å². The summed E-state index contributed by atoms with van der Waals surface area (Å²) in [7, 11) is 0. The molecule has 0 aromatic heterocycles. The van der Waals surface area contributed by atoms with Crippen LogP contribution in [0, 0.1) is 10.1 Å². The Kier molecular flexibility index (Phi) is 5.62. The lowest BCUT2D eigenvalue weighted by Crippen LogP contribution is -2.10. The quantitative estimate of drug-likeness (QED) is 0.340. The van der Waals surface area contributed by atoms with Gasteiger partial charge in [0, 0.05) is 12.1 Å². The number of rotatable bonds is 7. The van der Waals surface area contributed by atoms with Gasteiger partial charge in [-0.25, -0.2) is 4.79 Å². The topological polar surface area (TPSA) is 78.7 Å². The van der Waals surface area contributed by atoms with Gasteiger partial charge in [-0.15, -0.1) is 0 Å². The molecule has 0 radical (unpaired) electrons. The average molecular weight is 301 g/mol. The predicted molar refractivity (Wildman–Crippen MR) is 79.5 cm³/mol. The van der Waals surface area contributed by atoms with Gasteiger partial charge in [-0.3, -0.25) is 10.1 Å². The molecule has 0 spiro atoms. The number of ether oxygens (including phenoxy) is 2. The van der Waals surface area contributed by atoms with E-state index < -0.39 is 4.92 Å². The van der Waals surface area contributed by atoms with Crippen molar-refractivity contribution in [3.8, 4) is 0 Å². The number of carbonyl (C=O) groups excluding carboxylic acids is 1. The normalized spacial score (nSPS) is 10.2. The highest BCUT2D eigenvalue weighted by Crippen LogP contribution is 2.12. The van der Waals surface area contributed by atoms with Gasteiger partial charge < -0.3 is 9.47 Å². The van der Waals surface area contributed by atoms with Crippen molar-refractivity contribution in [1.29, 1.82) is 0 Å². The number of hydrogen-bond donors (Lipinski definition) is 0. The van der Waals surface area contributed by atoms with Crippen LogP contribution in [-0.2, 0) is 16.1 Å². The predicted octanol–water partition coefficient (Wildman–Crippen LogP) is 2.97. The van der Waals surface area contributed by atoms with E-state index in [1.807, 2.05) is 6.07 Å². The number of benzene rings is 2. The van der Waals surface area contributed by atoms with Crippen LogP contribution in [0.15, 0.2) is 54.6 Å². The number of carbonyl (C=O) groups is 1. The van der Waals surface area contributed by atoms with E-state index in [0.717, 1.165) is 5.56 Å². The Labute approximate surface area is 127 Å². The highest BCUT2D eigenvalue weighted by atomic mass is 16.6. The van der Waals surface area contributed by atoms with Crippen LogP contribution in [0.3, 0.4) is 0 Å². The van der Waals surface area contributed by atoms with Gasteiger partial charge in [0.2, 0.25) is 0 Å². The second-order valence-electron chi connectivity index (χ2n) is 4.48. The Morgan fingerprint density at radius 1 is 1.00 bits per heavy atom. The molecule has 2 aromatic rings. The number of esters is 1. The van der Waals surface area contributed by atoms with Gasteiger partial charge in [-0.1, -0.05) is 18.2 Å². The van der Waals surface area contributed by atoms with Gasteiger partial charge in [0.15, 0.2) is 0 Å². The molecule has 114 valence electrons. The first-order valence-electron chi connectivity index (χ1n) is 6.70. The summed E-state index contributed by atoms with van der Waals surface area (Å²) in [6.45, 7) is 0.719. The maximum Gasteiger partial charge on any atom is 0.338 e. The minimum atomic E-state index is -0.451. The van der Waals surface area contributed by atoms with Crippen molar-refractivity contribution in [1.82, 2.24) is 0 Å². The van der Waals surface area contributed by atoms with E-state index in [1.165, 1.54) is 12.1 Å². The largest absolute Gasteiger partial charge is 0.460 e. The summed E-state index contributed by atoms with van der Waals surface area (Å²) in [5.74, 6) is -0.389. The standard InChI is InChI=1S/C16H15NO5/c18-16(14-4-2-1-3-5-14)22-11-10-21-12-13-6-8-15(9-7-13)17(19)20/h1-9H,10-12H2. The molecule has 0 bridgehead atoms. The Bertz CT molecular complexity index is 625. The number of nitro groups is 1. The highest BCUT2D eigenvalue weighted by Gasteiger charge is 2.06. The van der Waals surface area contributed by atoms with Gasteiger partial charge in [0.05, 0.1) is 23.7 Å². The molecule has 0 unspecified atom stereocenters. The van der Waals surface area contributed by atoms with Crippen LogP contribution in [0.1, 0.15) is 15.9 Å². The van der Waals surface area contributed by atoms with E-state index in [0.29, 0.717) is 12.2 Å². The number of nitrogens with zero attached hydrogens (tertiary/aromatic N) is 1. The molecule has 0 atom stereocenters. The third-order valence-electron chi connectivity index (χ3n) is 2.89. The lowest BCUT2D eigenvalue weighted by molar-refractivity contribution is -0.384. The maximum absolute atomic E-state index is 11.6. The molecule has 22 heavy (non-hydrogen) atoms. The lowest BCUT2D eigenvalue weighted by Gasteiger charge is -2.06. The molecule has 0 aliphatic rings. The van der Waals surface area contributed by atoms with Gasteiger partial charge in [-0.05, 0) is 29.8 Å². The van der Waals surface area contributed by atoms with Crippen LogP contribution in [0.2, 0.25) is 0 Å². The molecule has 6 heteroatoms. The highest BCUT2D eigenvalue weighted by molar-refractivity contribution is 5.89. The summed E-state index contributed by atoms with van der Waals surface area (Å²) in [6, 6.07) is 14.8. The Balaban J connectivity index is 1.67. The van der Waals surface area contributed by atoms with E-state index in [4.69, 9.17) is 9.47 Å².